The zero-order valence-electron chi connectivity index (χ0n) is 12.5. The van der Waals surface area contributed by atoms with Crippen LogP contribution in [-0.2, 0) is 16.0 Å². The summed E-state index contributed by atoms with van der Waals surface area (Å²) >= 11 is 0. The highest BCUT2D eigenvalue weighted by Crippen LogP contribution is 2.21. The van der Waals surface area contributed by atoms with E-state index in [-0.39, 0.29) is 11.9 Å². The number of hydrogen-bond donors (Lipinski definition) is 0. The number of rotatable bonds is 5. The van der Waals surface area contributed by atoms with Gasteiger partial charge >= 0.3 is 5.97 Å². The first-order valence-electron chi connectivity index (χ1n) is 7.05. The van der Waals surface area contributed by atoms with Crippen molar-refractivity contribution in [1.82, 2.24) is 0 Å². The van der Waals surface area contributed by atoms with E-state index in [1.54, 1.807) is 0 Å². The SMILES string of the molecule is COC(=O)C(Cc1ccccc1)/C(C)=C/c1ccccc1. The fraction of sp³-hybridized carbons (Fsp3) is 0.211. The van der Waals surface area contributed by atoms with E-state index in [0.717, 1.165) is 16.7 Å². The molecule has 1 unspecified atom stereocenters. The standard InChI is InChI=1S/C19H20O2/c1-15(13-16-9-5-3-6-10-16)18(19(20)21-2)14-17-11-7-4-8-12-17/h3-13,18H,14H2,1-2H3/b15-13+. The van der Waals surface area contributed by atoms with Gasteiger partial charge in [-0.15, -0.1) is 0 Å². The molecule has 0 N–H and O–H groups in total. The first kappa shape index (κ1) is 15.0. The van der Waals surface area contributed by atoms with Crippen LogP contribution in [0.15, 0.2) is 66.2 Å². The molecule has 2 aromatic rings. The lowest BCUT2D eigenvalue weighted by molar-refractivity contribution is -0.144. The van der Waals surface area contributed by atoms with E-state index in [1.807, 2.05) is 73.7 Å². The van der Waals surface area contributed by atoms with Crippen LogP contribution in [0.4, 0.5) is 0 Å². The van der Waals surface area contributed by atoms with E-state index >= 15 is 0 Å². The van der Waals surface area contributed by atoms with Crippen molar-refractivity contribution >= 4 is 12.0 Å². The number of carbonyl (C=O) groups is 1. The van der Waals surface area contributed by atoms with Gasteiger partial charge in [-0.1, -0.05) is 72.3 Å². The third-order valence-electron chi connectivity index (χ3n) is 3.51. The Bertz CT molecular complexity index is 600. The summed E-state index contributed by atoms with van der Waals surface area (Å²) in [5.41, 5.74) is 3.24. The number of methoxy groups -OCH3 is 1. The molecule has 0 aliphatic heterocycles. The molecule has 2 aromatic carbocycles. The molecule has 108 valence electrons. The summed E-state index contributed by atoms with van der Waals surface area (Å²) in [6.07, 6.45) is 2.70. The van der Waals surface area contributed by atoms with Crippen LogP contribution >= 0.6 is 0 Å². The molecule has 21 heavy (non-hydrogen) atoms. The normalized spacial score (nSPS) is 12.8. The fourth-order valence-corrected chi connectivity index (χ4v) is 2.34. The Balaban J connectivity index is 2.23. The molecule has 0 radical (unpaired) electrons. The van der Waals surface area contributed by atoms with E-state index in [4.69, 9.17) is 4.74 Å². The van der Waals surface area contributed by atoms with Crippen molar-refractivity contribution < 1.29 is 9.53 Å². The smallest absolute Gasteiger partial charge is 0.313 e. The third kappa shape index (κ3) is 4.32. The molecule has 0 saturated carbocycles. The highest BCUT2D eigenvalue weighted by Gasteiger charge is 2.21. The van der Waals surface area contributed by atoms with Crippen LogP contribution in [0, 0.1) is 5.92 Å². The van der Waals surface area contributed by atoms with Crippen molar-refractivity contribution in [3.05, 3.63) is 77.4 Å². The quantitative estimate of drug-likeness (QED) is 0.770. The summed E-state index contributed by atoms with van der Waals surface area (Å²) in [5.74, 6) is -0.443. The van der Waals surface area contributed by atoms with E-state index in [1.165, 1.54) is 7.11 Å². The molecule has 0 spiro atoms. The maximum atomic E-state index is 12.1. The first-order valence-corrected chi connectivity index (χ1v) is 7.05. The number of hydrogen-bond acceptors (Lipinski definition) is 2. The van der Waals surface area contributed by atoms with Crippen LogP contribution in [0.25, 0.3) is 6.08 Å². The van der Waals surface area contributed by atoms with Gasteiger partial charge in [0.1, 0.15) is 0 Å². The highest BCUT2D eigenvalue weighted by atomic mass is 16.5. The van der Waals surface area contributed by atoms with E-state index in [0.29, 0.717) is 6.42 Å². The predicted octanol–water partition coefficient (Wildman–Crippen LogP) is 4.12. The minimum absolute atomic E-state index is 0.191. The molecule has 1 atom stereocenters. The summed E-state index contributed by atoms with van der Waals surface area (Å²) in [6.45, 7) is 1.98. The van der Waals surface area contributed by atoms with Gasteiger partial charge in [0, 0.05) is 0 Å². The van der Waals surface area contributed by atoms with Gasteiger partial charge in [0.05, 0.1) is 13.0 Å². The van der Waals surface area contributed by atoms with Crippen LogP contribution in [0.5, 0.6) is 0 Å². The average Bonchev–Trinajstić information content (AvgIpc) is 2.53. The minimum Gasteiger partial charge on any atom is -0.469 e. The Morgan fingerprint density at radius 3 is 2.19 bits per heavy atom. The molecular weight excluding hydrogens is 260 g/mol. The number of ether oxygens (including phenoxy) is 1. The maximum absolute atomic E-state index is 12.1. The van der Waals surface area contributed by atoms with Crippen molar-refractivity contribution in [2.45, 2.75) is 13.3 Å². The number of benzene rings is 2. The van der Waals surface area contributed by atoms with Crippen molar-refractivity contribution in [3.63, 3.8) is 0 Å². The summed E-state index contributed by atoms with van der Waals surface area (Å²) < 4.78 is 4.96. The summed E-state index contributed by atoms with van der Waals surface area (Å²) in [5, 5.41) is 0. The lowest BCUT2D eigenvalue weighted by Gasteiger charge is -2.16. The van der Waals surface area contributed by atoms with Gasteiger partial charge in [-0.05, 0) is 24.5 Å². The fourth-order valence-electron chi connectivity index (χ4n) is 2.34. The van der Waals surface area contributed by atoms with Crippen molar-refractivity contribution in [1.29, 1.82) is 0 Å². The van der Waals surface area contributed by atoms with Crippen molar-refractivity contribution in [2.24, 2.45) is 5.92 Å². The monoisotopic (exact) mass is 280 g/mol. The Morgan fingerprint density at radius 1 is 1.05 bits per heavy atom. The zero-order valence-corrected chi connectivity index (χ0v) is 12.5. The van der Waals surface area contributed by atoms with Crippen LogP contribution in [0.3, 0.4) is 0 Å². The number of esters is 1. The largest absolute Gasteiger partial charge is 0.469 e. The second-order valence-electron chi connectivity index (χ2n) is 5.06. The van der Waals surface area contributed by atoms with E-state index in [9.17, 15) is 4.79 Å². The molecule has 0 aliphatic carbocycles. The summed E-state index contributed by atoms with van der Waals surface area (Å²) in [4.78, 5) is 12.1. The Labute approximate surface area is 126 Å². The molecule has 0 aromatic heterocycles. The van der Waals surface area contributed by atoms with Gasteiger partial charge in [0.25, 0.3) is 0 Å². The summed E-state index contributed by atoms with van der Waals surface area (Å²) in [7, 11) is 1.44. The Kier molecular flexibility index (Phi) is 5.33. The second-order valence-corrected chi connectivity index (χ2v) is 5.06. The molecule has 2 nitrogen and oxygen atoms in total. The molecule has 0 bridgehead atoms. The van der Waals surface area contributed by atoms with Gasteiger partial charge < -0.3 is 4.74 Å². The van der Waals surface area contributed by atoms with Gasteiger partial charge in [-0.2, -0.15) is 0 Å². The molecule has 0 heterocycles. The maximum Gasteiger partial charge on any atom is 0.313 e. The second kappa shape index (κ2) is 7.44. The van der Waals surface area contributed by atoms with Crippen LogP contribution in [0.2, 0.25) is 0 Å². The summed E-state index contributed by atoms with van der Waals surface area (Å²) in [6, 6.07) is 20.0. The highest BCUT2D eigenvalue weighted by molar-refractivity contribution is 5.78. The lowest BCUT2D eigenvalue weighted by Crippen LogP contribution is -2.20. The van der Waals surface area contributed by atoms with Gasteiger partial charge in [0.15, 0.2) is 0 Å². The van der Waals surface area contributed by atoms with E-state index < -0.39 is 0 Å². The van der Waals surface area contributed by atoms with Gasteiger partial charge in [0.2, 0.25) is 0 Å². The molecule has 2 rings (SSSR count). The van der Waals surface area contributed by atoms with Crippen molar-refractivity contribution in [2.75, 3.05) is 7.11 Å². The third-order valence-corrected chi connectivity index (χ3v) is 3.51. The average molecular weight is 280 g/mol. The van der Waals surface area contributed by atoms with Crippen LogP contribution in [0.1, 0.15) is 18.1 Å². The minimum atomic E-state index is -0.252. The van der Waals surface area contributed by atoms with Crippen LogP contribution < -0.4 is 0 Å². The first-order chi connectivity index (χ1) is 10.2. The van der Waals surface area contributed by atoms with E-state index in [2.05, 4.69) is 0 Å². The molecule has 0 fully saturated rings. The molecular formula is C19H20O2. The zero-order chi connectivity index (χ0) is 15.1. The molecule has 2 heteroatoms. The molecule has 0 amide bonds. The van der Waals surface area contributed by atoms with Crippen molar-refractivity contribution in [3.8, 4) is 0 Å². The lowest BCUT2D eigenvalue weighted by atomic mass is 9.91. The Morgan fingerprint density at radius 2 is 1.62 bits per heavy atom. The number of carbonyl (C=O) groups excluding carboxylic acids is 1. The Hall–Kier alpha value is -2.35. The van der Waals surface area contributed by atoms with Gasteiger partial charge in [-0.25, -0.2) is 0 Å². The topological polar surface area (TPSA) is 26.3 Å². The van der Waals surface area contributed by atoms with Crippen LogP contribution in [-0.4, -0.2) is 13.1 Å². The molecule has 0 saturated heterocycles. The predicted molar refractivity (Wildman–Crippen MR) is 85.7 cm³/mol. The van der Waals surface area contributed by atoms with Gasteiger partial charge in [-0.3, -0.25) is 4.79 Å². The molecule has 0 aliphatic rings.